The number of imide groups is 4. The van der Waals surface area contributed by atoms with E-state index in [9.17, 15) is 33.9 Å². The second kappa shape index (κ2) is 8.34. The van der Waals surface area contributed by atoms with E-state index in [1.165, 1.54) is 30.5 Å². The molecule has 0 aliphatic carbocycles. The van der Waals surface area contributed by atoms with E-state index < -0.39 is 47.5 Å². The number of hydrogen-bond acceptors (Lipinski definition) is 9. The van der Waals surface area contributed by atoms with Crippen LogP contribution in [0.5, 0.6) is 0 Å². The summed E-state index contributed by atoms with van der Waals surface area (Å²) in [6, 6.07) is 4.44. The summed E-state index contributed by atoms with van der Waals surface area (Å²) in [5.41, 5.74) is -0.592. The van der Waals surface area contributed by atoms with Gasteiger partial charge in [0.2, 0.25) is 5.91 Å². The number of nitrogens with zero attached hydrogens (tertiary/aromatic N) is 4. The molecule has 0 bridgehead atoms. The number of benzene rings is 1. The SMILES string of the molecule is CC(C)(C)OC(=O)n1ccc(Nc2cccc3c2C(=O)N(C2CCC(=O)N(C(=O)O)C2=O)C3=O)n1. The minimum atomic E-state index is -1.77. The number of hydrogen-bond donors (Lipinski definition) is 2. The van der Waals surface area contributed by atoms with Crippen molar-refractivity contribution in [3.8, 4) is 0 Å². The average molecular weight is 483 g/mol. The molecule has 5 amide bonds. The smallest absolute Gasteiger partial charge is 0.435 e. The fourth-order valence-corrected chi connectivity index (χ4v) is 3.84. The van der Waals surface area contributed by atoms with Crippen molar-refractivity contribution in [2.24, 2.45) is 0 Å². The Morgan fingerprint density at radius 3 is 2.49 bits per heavy atom. The number of carbonyl (C=O) groups is 6. The normalized spacial score (nSPS) is 18.1. The van der Waals surface area contributed by atoms with E-state index >= 15 is 0 Å². The number of anilines is 2. The molecule has 0 saturated carbocycles. The van der Waals surface area contributed by atoms with Gasteiger partial charge in [0.05, 0.1) is 16.8 Å². The van der Waals surface area contributed by atoms with Crippen molar-refractivity contribution in [3.05, 3.63) is 41.6 Å². The predicted octanol–water partition coefficient (Wildman–Crippen LogP) is 2.20. The third-order valence-electron chi connectivity index (χ3n) is 5.27. The van der Waals surface area contributed by atoms with Gasteiger partial charge in [-0.2, -0.15) is 9.58 Å². The van der Waals surface area contributed by atoms with Crippen LogP contribution in [0.15, 0.2) is 30.5 Å². The number of piperidine rings is 1. The van der Waals surface area contributed by atoms with Crippen LogP contribution in [-0.2, 0) is 14.3 Å². The lowest BCUT2D eigenvalue weighted by atomic mass is 10.0. The van der Waals surface area contributed by atoms with E-state index in [1.54, 1.807) is 20.8 Å². The second-order valence-corrected chi connectivity index (χ2v) is 8.86. The Morgan fingerprint density at radius 1 is 1.11 bits per heavy atom. The summed E-state index contributed by atoms with van der Waals surface area (Å²) < 4.78 is 6.21. The van der Waals surface area contributed by atoms with Gasteiger partial charge in [0.15, 0.2) is 5.82 Å². The van der Waals surface area contributed by atoms with Gasteiger partial charge in [-0.1, -0.05) is 6.07 Å². The average Bonchev–Trinajstić information content (AvgIpc) is 3.31. The first-order valence-electron chi connectivity index (χ1n) is 10.6. The van der Waals surface area contributed by atoms with Crippen molar-refractivity contribution in [1.29, 1.82) is 0 Å². The maximum Gasteiger partial charge on any atom is 0.435 e. The molecule has 2 N–H and O–H groups in total. The topological polar surface area (TPSA) is 168 Å². The Labute approximate surface area is 198 Å². The zero-order chi connectivity index (χ0) is 25.7. The largest absolute Gasteiger partial charge is 0.464 e. The zero-order valence-corrected chi connectivity index (χ0v) is 19.0. The van der Waals surface area contributed by atoms with E-state index in [-0.39, 0.29) is 40.4 Å². The Balaban J connectivity index is 1.60. The molecule has 1 atom stereocenters. The van der Waals surface area contributed by atoms with Gasteiger partial charge in [0, 0.05) is 18.7 Å². The molecule has 0 radical (unpaired) electrons. The summed E-state index contributed by atoms with van der Waals surface area (Å²) in [4.78, 5) is 75.0. The van der Waals surface area contributed by atoms with Crippen LogP contribution in [0.1, 0.15) is 54.3 Å². The van der Waals surface area contributed by atoms with Gasteiger partial charge in [0.25, 0.3) is 17.7 Å². The van der Waals surface area contributed by atoms with Crippen molar-refractivity contribution < 1.29 is 38.6 Å². The first kappa shape index (κ1) is 23.6. The number of fused-ring (bicyclic) bond motifs is 1. The van der Waals surface area contributed by atoms with Crippen LogP contribution in [0.25, 0.3) is 0 Å². The summed E-state index contributed by atoms with van der Waals surface area (Å²) in [6.07, 6.45) is -1.63. The molecule has 13 nitrogen and oxygen atoms in total. The monoisotopic (exact) mass is 483 g/mol. The van der Waals surface area contributed by atoms with Crippen LogP contribution in [0.4, 0.5) is 21.1 Å². The van der Waals surface area contributed by atoms with E-state index in [2.05, 4.69) is 10.4 Å². The van der Waals surface area contributed by atoms with Gasteiger partial charge in [-0.25, -0.2) is 9.59 Å². The van der Waals surface area contributed by atoms with Gasteiger partial charge in [0.1, 0.15) is 11.6 Å². The molecule has 3 heterocycles. The van der Waals surface area contributed by atoms with E-state index in [0.717, 1.165) is 4.68 Å². The van der Waals surface area contributed by atoms with Gasteiger partial charge in [-0.15, -0.1) is 5.10 Å². The first-order valence-corrected chi connectivity index (χ1v) is 10.6. The molecule has 182 valence electrons. The van der Waals surface area contributed by atoms with Crippen LogP contribution in [0, 0.1) is 0 Å². The maximum absolute atomic E-state index is 13.3. The minimum absolute atomic E-state index is 0.00171. The Bertz CT molecular complexity index is 1290. The Kier molecular flexibility index (Phi) is 5.63. The van der Waals surface area contributed by atoms with Crippen molar-refractivity contribution >= 4 is 47.3 Å². The fourth-order valence-electron chi connectivity index (χ4n) is 3.84. The molecule has 1 saturated heterocycles. The molecule has 1 aromatic carbocycles. The van der Waals surface area contributed by atoms with Crippen LogP contribution in [0.2, 0.25) is 0 Å². The molecule has 35 heavy (non-hydrogen) atoms. The first-order chi connectivity index (χ1) is 16.4. The van der Waals surface area contributed by atoms with E-state index in [0.29, 0.717) is 4.90 Å². The standard InChI is InChI=1S/C22H21N5O8/c1-22(2,3)35-21(34)25-10-9-14(24-25)23-12-6-4-5-11-16(12)19(31)26(17(11)29)13-7-8-15(28)27(18(13)30)20(32)33/h4-6,9-10,13H,7-8H2,1-3H3,(H,23,24)(H,32,33). The molecule has 2 aromatic rings. The number of amides is 5. The van der Waals surface area contributed by atoms with Gasteiger partial charge in [-0.05, 0) is 39.3 Å². The molecule has 1 aromatic heterocycles. The summed E-state index contributed by atoms with van der Waals surface area (Å²) in [6.45, 7) is 5.12. The predicted molar refractivity (Wildman–Crippen MR) is 117 cm³/mol. The van der Waals surface area contributed by atoms with Crippen LogP contribution in [0.3, 0.4) is 0 Å². The highest BCUT2D eigenvalue weighted by Crippen LogP contribution is 2.34. The number of likely N-dealkylation sites (tertiary alicyclic amines) is 1. The maximum atomic E-state index is 13.3. The van der Waals surface area contributed by atoms with Crippen molar-refractivity contribution in [1.82, 2.24) is 19.6 Å². The molecular formula is C22H21N5O8. The lowest BCUT2D eigenvalue weighted by molar-refractivity contribution is -0.148. The van der Waals surface area contributed by atoms with Crippen molar-refractivity contribution in [2.75, 3.05) is 5.32 Å². The Hall–Kier alpha value is -4.55. The summed E-state index contributed by atoms with van der Waals surface area (Å²) >= 11 is 0. The van der Waals surface area contributed by atoms with Crippen molar-refractivity contribution in [3.63, 3.8) is 0 Å². The number of carbonyl (C=O) groups excluding carboxylic acids is 5. The molecule has 2 aliphatic rings. The molecule has 0 spiro atoms. The second-order valence-electron chi connectivity index (χ2n) is 8.86. The summed E-state index contributed by atoms with van der Waals surface area (Å²) in [5, 5.41) is 16.2. The highest BCUT2D eigenvalue weighted by molar-refractivity contribution is 6.26. The van der Waals surface area contributed by atoms with Crippen LogP contribution in [-0.4, -0.2) is 72.1 Å². The lowest BCUT2D eigenvalue weighted by Crippen LogP contribution is -2.57. The van der Waals surface area contributed by atoms with Crippen LogP contribution < -0.4 is 5.32 Å². The third-order valence-corrected chi connectivity index (χ3v) is 5.27. The minimum Gasteiger partial charge on any atom is -0.464 e. The van der Waals surface area contributed by atoms with E-state index in [1.807, 2.05) is 0 Å². The molecule has 1 fully saturated rings. The molecule has 1 unspecified atom stereocenters. The van der Waals surface area contributed by atoms with Gasteiger partial charge < -0.3 is 15.2 Å². The number of nitrogens with one attached hydrogen (secondary N) is 1. The number of rotatable bonds is 3. The Morgan fingerprint density at radius 2 is 1.83 bits per heavy atom. The van der Waals surface area contributed by atoms with Gasteiger partial charge in [-0.3, -0.25) is 24.1 Å². The fraction of sp³-hybridized carbons (Fsp3) is 0.318. The molecule has 13 heteroatoms. The number of aromatic nitrogens is 2. The quantitative estimate of drug-likeness (QED) is 0.617. The lowest BCUT2D eigenvalue weighted by Gasteiger charge is -2.31. The van der Waals surface area contributed by atoms with Crippen LogP contribution >= 0.6 is 0 Å². The number of carboxylic acid groups (broad SMARTS) is 1. The zero-order valence-electron chi connectivity index (χ0n) is 19.0. The van der Waals surface area contributed by atoms with Crippen molar-refractivity contribution in [2.45, 2.75) is 45.3 Å². The molecule has 4 rings (SSSR count). The highest BCUT2D eigenvalue weighted by Gasteiger charge is 2.49. The highest BCUT2D eigenvalue weighted by atomic mass is 16.6. The summed E-state index contributed by atoms with van der Waals surface area (Å²) in [7, 11) is 0. The molecular weight excluding hydrogens is 462 g/mol. The third kappa shape index (κ3) is 4.23. The molecule has 2 aliphatic heterocycles. The van der Waals surface area contributed by atoms with Gasteiger partial charge >= 0.3 is 12.2 Å². The summed E-state index contributed by atoms with van der Waals surface area (Å²) in [5.74, 6) is -3.50. The number of ether oxygens (including phenoxy) is 1. The van der Waals surface area contributed by atoms with E-state index in [4.69, 9.17) is 4.74 Å².